The molecule has 7 rings (SSSR count). The molecule has 0 fully saturated rings. The monoisotopic (exact) mass is 608 g/mol. The van der Waals surface area contributed by atoms with Gasteiger partial charge in [0.2, 0.25) is 0 Å². The lowest BCUT2D eigenvalue weighted by Gasteiger charge is -2.40. The summed E-state index contributed by atoms with van der Waals surface area (Å²) in [6.45, 7) is 4.35. The molecule has 1 unspecified atom stereocenters. The number of rotatable bonds is 8. The number of fused-ring (bicyclic) bond motifs is 2. The zero-order valence-corrected chi connectivity index (χ0v) is 27.3. The summed E-state index contributed by atoms with van der Waals surface area (Å²) in [7, 11) is 2.20. The number of likely N-dealkylation sites (N-methyl/N-ethyl adjacent to an activating group) is 1. The molecule has 0 amide bonds. The average molecular weight is 609 g/mol. The predicted octanol–water partition coefficient (Wildman–Crippen LogP) is 12.3. The molecule has 1 aliphatic carbocycles. The summed E-state index contributed by atoms with van der Waals surface area (Å²) < 4.78 is 0. The normalized spacial score (nSPS) is 16.3. The van der Waals surface area contributed by atoms with Gasteiger partial charge < -0.3 is 9.80 Å². The van der Waals surface area contributed by atoms with Crippen LogP contribution in [0.4, 0.5) is 22.7 Å². The molecule has 0 heterocycles. The number of hydrogen-bond acceptors (Lipinski definition) is 2. The Hall–Kier alpha value is -5.60. The first-order chi connectivity index (χ1) is 23.0. The maximum Gasteiger partial charge on any atom is 0.0596 e. The van der Waals surface area contributed by atoms with Crippen molar-refractivity contribution in [2.45, 2.75) is 25.8 Å². The molecule has 1 aliphatic rings. The van der Waals surface area contributed by atoms with Crippen molar-refractivity contribution in [2.24, 2.45) is 0 Å². The Morgan fingerprint density at radius 3 is 1.70 bits per heavy atom. The van der Waals surface area contributed by atoms with E-state index in [4.69, 9.17) is 0 Å². The van der Waals surface area contributed by atoms with E-state index in [0.29, 0.717) is 0 Å². The van der Waals surface area contributed by atoms with Crippen LogP contribution in [0.5, 0.6) is 0 Å². The molecule has 0 bridgehead atoms. The first-order valence-corrected chi connectivity index (χ1v) is 16.4. The lowest BCUT2D eigenvalue weighted by atomic mass is 9.86. The van der Waals surface area contributed by atoms with Crippen molar-refractivity contribution in [3.05, 3.63) is 182 Å². The van der Waals surface area contributed by atoms with E-state index in [2.05, 4.69) is 200 Å². The first kappa shape index (κ1) is 30.1. The van der Waals surface area contributed by atoms with Crippen molar-refractivity contribution >= 4 is 44.3 Å². The van der Waals surface area contributed by atoms with E-state index in [1.165, 1.54) is 55.3 Å². The highest BCUT2D eigenvalue weighted by atomic mass is 15.2. The molecule has 1 atom stereocenters. The van der Waals surface area contributed by atoms with E-state index >= 15 is 0 Å². The standard InChI is InChI=1S/C45H40N2/c1-4-5-6-14-34-15-13-32-45(2,33-34)46(3)39-28-24-35(25-29-39)36-26-30-40(31-27-36)47(43-22-11-18-37-16-7-9-20-41(37)43)44-23-12-19-38-17-8-10-21-42(38)44/h4-32H,33H2,1-3H3/b5-4-,14-6-. The molecule has 0 saturated carbocycles. The van der Waals surface area contributed by atoms with E-state index < -0.39 is 0 Å². The second-order valence-electron chi connectivity index (χ2n) is 12.5. The van der Waals surface area contributed by atoms with Gasteiger partial charge in [0.15, 0.2) is 0 Å². The quantitative estimate of drug-likeness (QED) is 0.159. The zero-order valence-electron chi connectivity index (χ0n) is 27.3. The minimum Gasteiger partial charge on any atom is -0.365 e. The zero-order chi connectivity index (χ0) is 32.2. The Balaban J connectivity index is 1.20. The highest BCUT2D eigenvalue weighted by Gasteiger charge is 2.29. The van der Waals surface area contributed by atoms with Crippen LogP contribution in [-0.2, 0) is 0 Å². The van der Waals surface area contributed by atoms with Crippen LogP contribution in [-0.4, -0.2) is 12.6 Å². The molecule has 0 N–H and O–H groups in total. The van der Waals surface area contributed by atoms with E-state index in [-0.39, 0.29) is 5.54 Å². The lowest BCUT2D eigenvalue weighted by Crippen LogP contribution is -2.43. The maximum atomic E-state index is 2.40. The predicted molar refractivity (Wildman–Crippen MR) is 204 cm³/mol. The molecular weight excluding hydrogens is 569 g/mol. The second kappa shape index (κ2) is 13.0. The van der Waals surface area contributed by atoms with Crippen molar-refractivity contribution in [3.8, 4) is 11.1 Å². The van der Waals surface area contributed by atoms with Crippen LogP contribution in [0.1, 0.15) is 20.3 Å². The van der Waals surface area contributed by atoms with Crippen LogP contribution >= 0.6 is 0 Å². The third kappa shape index (κ3) is 6.03. The van der Waals surface area contributed by atoms with Gasteiger partial charge >= 0.3 is 0 Å². The number of benzene rings is 6. The van der Waals surface area contributed by atoms with Gasteiger partial charge in [0.05, 0.1) is 16.9 Å². The Morgan fingerprint density at radius 1 is 0.596 bits per heavy atom. The number of anilines is 4. The molecule has 2 nitrogen and oxygen atoms in total. The van der Waals surface area contributed by atoms with Gasteiger partial charge in [-0.3, -0.25) is 0 Å². The van der Waals surface area contributed by atoms with Crippen LogP contribution < -0.4 is 9.80 Å². The number of hydrogen-bond donors (Lipinski definition) is 0. The van der Waals surface area contributed by atoms with Crippen molar-refractivity contribution in [1.29, 1.82) is 0 Å². The summed E-state index contributed by atoms with van der Waals surface area (Å²) >= 11 is 0. The second-order valence-corrected chi connectivity index (χ2v) is 12.5. The Bertz CT molecular complexity index is 2060. The summed E-state index contributed by atoms with van der Waals surface area (Å²) in [5, 5.41) is 4.91. The largest absolute Gasteiger partial charge is 0.365 e. The summed E-state index contributed by atoms with van der Waals surface area (Å²) in [5.41, 5.74) is 8.30. The minimum absolute atomic E-state index is 0.0970. The SMILES string of the molecule is C/C=C\C=C/C1=CC=CC(C)(N(C)c2ccc(-c3ccc(N(c4cccc5ccccc45)c4cccc5ccccc45)cc3)cc2)C1. The maximum absolute atomic E-state index is 2.40. The highest BCUT2D eigenvalue weighted by molar-refractivity contribution is 6.04. The topological polar surface area (TPSA) is 6.48 Å². The fraction of sp³-hybridized carbons (Fsp3) is 0.111. The van der Waals surface area contributed by atoms with Crippen LogP contribution in [0.15, 0.2) is 182 Å². The Morgan fingerprint density at radius 2 is 1.13 bits per heavy atom. The fourth-order valence-electron chi connectivity index (χ4n) is 6.74. The molecule has 0 spiro atoms. The number of allylic oxidation sites excluding steroid dienone is 6. The van der Waals surface area contributed by atoms with Gasteiger partial charge in [-0.05, 0) is 84.1 Å². The van der Waals surface area contributed by atoms with Gasteiger partial charge in [-0.25, -0.2) is 0 Å². The molecule has 2 heteroatoms. The Kier molecular flexibility index (Phi) is 8.33. The lowest BCUT2D eigenvalue weighted by molar-refractivity contribution is 0.540. The smallest absolute Gasteiger partial charge is 0.0596 e. The summed E-state index contributed by atoms with van der Waals surface area (Å²) in [6.07, 6.45) is 16.1. The molecule has 47 heavy (non-hydrogen) atoms. The van der Waals surface area contributed by atoms with Crippen molar-refractivity contribution in [1.82, 2.24) is 0 Å². The van der Waals surface area contributed by atoms with Crippen molar-refractivity contribution in [2.75, 3.05) is 16.8 Å². The van der Waals surface area contributed by atoms with Crippen LogP contribution in [0.2, 0.25) is 0 Å². The van der Waals surface area contributed by atoms with Crippen LogP contribution in [0, 0.1) is 0 Å². The van der Waals surface area contributed by atoms with Crippen LogP contribution in [0.25, 0.3) is 32.7 Å². The molecule has 6 aromatic carbocycles. The van der Waals surface area contributed by atoms with Gasteiger partial charge in [-0.1, -0.05) is 140 Å². The number of nitrogens with zero attached hydrogens (tertiary/aromatic N) is 2. The molecule has 6 aromatic rings. The van der Waals surface area contributed by atoms with Crippen LogP contribution in [0.3, 0.4) is 0 Å². The molecule has 0 aromatic heterocycles. The van der Waals surface area contributed by atoms with E-state index in [9.17, 15) is 0 Å². The summed E-state index contributed by atoms with van der Waals surface area (Å²) in [6, 6.07) is 48.4. The van der Waals surface area contributed by atoms with E-state index in [0.717, 1.165) is 12.1 Å². The summed E-state index contributed by atoms with van der Waals surface area (Å²) in [4.78, 5) is 4.79. The van der Waals surface area contributed by atoms with Gasteiger partial charge in [0, 0.05) is 29.2 Å². The third-order valence-corrected chi connectivity index (χ3v) is 9.44. The molecule has 0 saturated heterocycles. The molecule has 0 aliphatic heterocycles. The van der Waals surface area contributed by atoms with Gasteiger partial charge in [0.1, 0.15) is 0 Å². The molecule has 0 radical (unpaired) electrons. The van der Waals surface area contributed by atoms with E-state index in [1.54, 1.807) is 0 Å². The van der Waals surface area contributed by atoms with Crippen molar-refractivity contribution < 1.29 is 0 Å². The first-order valence-electron chi connectivity index (χ1n) is 16.4. The average Bonchev–Trinajstić information content (AvgIpc) is 3.12. The van der Waals surface area contributed by atoms with Gasteiger partial charge in [0.25, 0.3) is 0 Å². The Labute approximate surface area is 278 Å². The van der Waals surface area contributed by atoms with E-state index in [1.807, 2.05) is 6.92 Å². The molecule has 230 valence electrons. The molecular formula is C45H40N2. The minimum atomic E-state index is -0.0970. The third-order valence-electron chi connectivity index (χ3n) is 9.44. The fourth-order valence-corrected chi connectivity index (χ4v) is 6.74. The van der Waals surface area contributed by atoms with Gasteiger partial charge in [-0.15, -0.1) is 0 Å². The van der Waals surface area contributed by atoms with Gasteiger partial charge in [-0.2, -0.15) is 0 Å². The van der Waals surface area contributed by atoms with Crippen molar-refractivity contribution in [3.63, 3.8) is 0 Å². The summed E-state index contributed by atoms with van der Waals surface area (Å²) in [5.74, 6) is 0. The highest BCUT2D eigenvalue weighted by Crippen LogP contribution is 2.42.